The Balaban J connectivity index is 0. The number of hydrogen-bond donors (Lipinski definition) is 3. The molecule has 0 bridgehead atoms. The van der Waals surface area contributed by atoms with Crippen LogP contribution in [0.3, 0.4) is 0 Å². The lowest BCUT2D eigenvalue weighted by atomic mass is 10.5. The molecule has 0 spiro atoms. The van der Waals surface area contributed by atoms with Crippen LogP contribution in [0.5, 0.6) is 0 Å². The van der Waals surface area contributed by atoms with Gasteiger partial charge in [0, 0.05) is 18.6 Å². The third-order valence-electron chi connectivity index (χ3n) is 0.671. The van der Waals surface area contributed by atoms with Crippen molar-refractivity contribution in [1.29, 1.82) is 0 Å². The molecule has 0 rings (SSSR count). The van der Waals surface area contributed by atoms with Crippen molar-refractivity contribution in [2.24, 2.45) is 0 Å². The van der Waals surface area contributed by atoms with Crippen molar-refractivity contribution >= 4 is 17.9 Å². The number of carboxylic acids is 3. The Morgan fingerprint density at radius 3 is 1.31 bits per heavy atom. The number of hydrogen-bond acceptors (Lipinski definition) is 3. The van der Waals surface area contributed by atoms with Gasteiger partial charge in [-0.3, -0.25) is 4.79 Å². The molecule has 0 aromatic rings. The Bertz CT molecular complexity index is 201. The summed E-state index contributed by atoms with van der Waals surface area (Å²) in [4.78, 5) is 28.5. The van der Waals surface area contributed by atoms with Crippen LogP contribution in [0.4, 0.5) is 0 Å². The van der Waals surface area contributed by atoms with Gasteiger partial charge in [-0.1, -0.05) is 6.92 Å². The SMILES string of the molecule is CCC(=O)O.O=C(O)C=CC(=O)O. The molecule has 74 valence electrons. The summed E-state index contributed by atoms with van der Waals surface area (Å²) < 4.78 is 0. The Morgan fingerprint density at radius 2 is 1.23 bits per heavy atom. The standard InChI is InChI=1S/C4H4O4.C3H6O2/c5-3(6)1-2-4(7)8;1-2-3(4)5/h1-2H,(H,5,6)(H,7,8);2H2,1H3,(H,4,5). The molecule has 0 fully saturated rings. The molecule has 0 aliphatic carbocycles. The van der Waals surface area contributed by atoms with Gasteiger partial charge in [0.25, 0.3) is 0 Å². The van der Waals surface area contributed by atoms with Crippen molar-refractivity contribution in [2.75, 3.05) is 0 Å². The second kappa shape index (κ2) is 8.25. The summed E-state index contributed by atoms with van der Waals surface area (Å²) in [5.41, 5.74) is 0. The fourth-order valence-corrected chi connectivity index (χ4v) is 0.143. The van der Waals surface area contributed by atoms with E-state index in [9.17, 15) is 14.4 Å². The van der Waals surface area contributed by atoms with Crippen LogP contribution in [0.2, 0.25) is 0 Å². The lowest BCUT2D eigenvalue weighted by molar-refractivity contribution is -0.136. The number of aliphatic carboxylic acids is 3. The molecule has 13 heavy (non-hydrogen) atoms. The highest BCUT2D eigenvalue weighted by Gasteiger charge is 1.88. The minimum atomic E-state index is -1.26. The second-order valence-electron chi connectivity index (χ2n) is 1.76. The predicted molar refractivity (Wildman–Crippen MR) is 42.3 cm³/mol. The molecule has 0 unspecified atom stereocenters. The van der Waals surface area contributed by atoms with E-state index in [1.165, 1.54) is 0 Å². The second-order valence-corrected chi connectivity index (χ2v) is 1.76. The van der Waals surface area contributed by atoms with Gasteiger partial charge in [-0.05, 0) is 0 Å². The normalized spacial score (nSPS) is 8.69. The molecule has 0 radical (unpaired) electrons. The molecule has 0 aliphatic heterocycles. The highest BCUT2D eigenvalue weighted by Crippen LogP contribution is 1.70. The number of carbonyl (C=O) groups is 3. The molecule has 3 N–H and O–H groups in total. The van der Waals surface area contributed by atoms with Gasteiger partial charge in [-0.2, -0.15) is 0 Å². The van der Waals surface area contributed by atoms with Crippen molar-refractivity contribution in [3.8, 4) is 0 Å². The molecule has 0 saturated heterocycles. The molecule has 0 aliphatic rings. The Morgan fingerprint density at radius 1 is 1.00 bits per heavy atom. The van der Waals surface area contributed by atoms with Crippen molar-refractivity contribution in [3.63, 3.8) is 0 Å². The highest BCUT2D eigenvalue weighted by molar-refractivity contribution is 5.89. The fourth-order valence-electron chi connectivity index (χ4n) is 0.143. The summed E-state index contributed by atoms with van der Waals surface area (Å²) >= 11 is 0. The van der Waals surface area contributed by atoms with Crippen molar-refractivity contribution < 1.29 is 29.7 Å². The lowest BCUT2D eigenvalue weighted by Crippen LogP contribution is -1.91. The van der Waals surface area contributed by atoms with Crippen molar-refractivity contribution in [3.05, 3.63) is 12.2 Å². The monoisotopic (exact) mass is 190 g/mol. The van der Waals surface area contributed by atoms with Crippen LogP contribution in [-0.4, -0.2) is 33.2 Å². The van der Waals surface area contributed by atoms with E-state index < -0.39 is 17.9 Å². The third-order valence-corrected chi connectivity index (χ3v) is 0.671. The molecule has 6 heteroatoms. The van der Waals surface area contributed by atoms with Gasteiger partial charge in [-0.15, -0.1) is 0 Å². The van der Waals surface area contributed by atoms with E-state index in [1.54, 1.807) is 6.92 Å². The van der Waals surface area contributed by atoms with Crippen LogP contribution in [0.25, 0.3) is 0 Å². The van der Waals surface area contributed by atoms with Gasteiger partial charge in [0.15, 0.2) is 0 Å². The van der Waals surface area contributed by atoms with Crippen LogP contribution in [-0.2, 0) is 14.4 Å². The number of rotatable bonds is 3. The minimum Gasteiger partial charge on any atom is -0.481 e. The van der Waals surface area contributed by atoms with Gasteiger partial charge in [0.2, 0.25) is 0 Å². The molecule has 0 aromatic heterocycles. The smallest absolute Gasteiger partial charge is 0.328 e. The average molecular weight is 190 g/mol. The van der Waals surface area contributed by atoms with E-state index in [-0.39, 0.29) is 6.42 Å². The van der Waals surface area contributed by atoms with Crippen LogP contribution < -0.4 is 0 Å². The molecule has 6 nitrogen and oxygen atoms in total. The van der Waals surface area contributed by atoms with Gasteiger partial charge in [0.1, 0.15) is 0 Å². The van der Waals surface area contributed by atoms with E-state index in [1.807, 2.05) is 0 Å². The zero-order chi connectivity index (χ0) is 10.9. The van der Waals surface area contributed by atoms with Crippen LogP contribution in [0.15, 0.2) is 12.2 Å². The highest BCUT2D eigenvalue weighted by atomic mass is 16.4. The summed E-state index contributed by atoms with van der Waals surface area (Å²) in [7, 11) is 0. The fraction of sp³-hybridized carbons (Fsp3) is 0.286. The predicted octanol–water partition coefficient (Wildman–Crippen LogP) is 0.193. The molecule has 0 aromatic carbocycles. The van der Waals surface area contributed by atoms with Gasteiger partial charge >= 0.3 is 17.9 Å². The maximum Gasteiger partial charge on any atom is 0.328 e. The van der Waals surface area contributed by atoms with E-state index in [4.69, 9.17) is 15.3 Å². The first-order chi connectivity index (χ1) is 5.90. The maximum absolute atomic E-state index is 9.55. The van der Waals surface area contributed by atoms with Crippen LogP contribution in [0.1, 0.15) is 13.3 Å². The third kappa shape index (κ3) is 25.4. The summed E-state index contributed by atoms with van der Waals surface area (Å²) in [5, 5.41) is 23.3. The summed E-state index contributed by atoms with van der Waals surface area (Å²) in [6.45, 7) is 1.60. The number of carboxylic acid groups (broad SMARTS) is 3. The molecule has 0 heterocycles. The average Bonchev–Trinajstić information content (AvgIpc) is 2.02. The minimum absolute atomic E-state index is 0.222. The van der Waals surface area contributed by atoms with Gasteiger partial charge in [-0.25, -0.2) is 9.59 Å². The Hall–Kier alpha value is -1.85. The van der Waals surface area contributed by atoms with Crippen LogP contribution >= 0.6 is 0 Å². The summed E-state index contributed by atoms with van der Waals surface area (Å²) in [6, 6.07) is 0. The molecule has 0 amide bonds. The zero-order valence-corrected chi connectivity index (χ0v) is 6.93. The first-order valence-corrected chi connectivity index (χ1v) is 3.25. The van der Waals surface area contributed by atoms with Crippen LogP contribution in [0, 0.1) is 0 Å². The quantitative estimate of drug-likeness (QED) is 0.548. The molecule has 0 saturated carbocycles. The Labute approximate surface area is 74.1 Å². The Kier molecular flexibility index (Phi) is 8.71. The molecular weight excluding hydrogens is 180 g/mol. The zero-order valence-electron chi connectivity index (χ0n) is 6.93. The van der Waals surface area contributed by atoms with Crippen molar-refractivity contribution in [2.45, 2.75) is 13.3 Å². The van der Waals surface area contributed by atoms with E-state index in [2.05, 4.69) is 0 Å². The topological polar surface area (TPSA) is 112 Å². The summed E-state index contributed by atoms with van der Waals surface area (Å²) in [6.07, 6.45) is 1.34. The van der Waals surface area contributed by atoms with Crippen molar-refractivity contribution in [1.82, 2.24) is 0 Å². The molecule has 0 atom stereocenters. The van der Waals surface area contributed by atoms with E-state index in [0.29, 0.717) is 12.2 Å². The lowest BCUT2D eigenvalue weighted by Gasteiger charge is -1.74. The van der Waals surface area contributed by atoms with Gasteiger partial charge < -0.3 is 15.3 Å². The van der Waals surface area contributed by atoms with E-state index in [0.717, 1.165) is 0 Å². The largest absolute Gasteiger partial charge is 0.481 e. The van der Waals surface area contributed by atoms with Gasteiger partial charge in [0.05, 0.1) is 0 Å². The maximum atomic E-state index is 9.55. The summed E-state index contributed by atoms with van der Waals surface area (Å²) in [5.74, 6) is -3.26. The van der Waals surface area contributed by atoms with E-state index >= 15 is 0 Å². The first kappa shape index (κ1) is 13.7. The first-order valence-electron chi connectivity index (χ1n) is 3.25. The molecular formula is C7H10O6.